The van der Waals surface area contributed by atoms with E-state index in [1.165, 1.54) is 0 Å². The van der Waals surface area contributed by atoms with Crippen LogP contribution in [0.5, 0.6) is 0 Å². The maximum Gasteiger partial charge on any atom is 0.256 e. The smallest absolute Gasteiger partial charge is 0.256 e. The number of amides is 1. The molecule has 1 amide bonds. The molecule has 0 radical (unpaired) electrons. The number of carbonyl (C=O) groups excluding carboxylic acids is 1. The van der Waals surface area contributed by atoms with E-state index in [9.17, 15) is 4.79 Å². The highest BCUT2D eigenvalue weighted by Crippen LogP contribution is 2.25. The highest BCUT2D eigenvalue weighted by Gasteiger charge is 2.13. The molecule has 0 heterocycles. The van der Waals surface area contributed by atoms with E-state index < -0.39 is 0 Å². The van der Waals surface area contributed by atoms with Crippen LogP contribution in [0, 0.1) is 13.8 Å². The second-order valence-corrected chi connectivity index (χ2v) is 5.33. The van der Waals surface area contributed by atoms with E-state index in [2.05, 4.69) is 21.2 Å². The molecule has 0 aliphatic heterocycles. The van der Waals surface area contributed by atoms with E-state index in [1.54, 1.807) is 6.07 Å². The number of halogens is 1. The van der Waals surface area contributed by atoms with Crippen LogP contribution >= 0.6 is 15.9 Å². The van der Waals surface area contributed by atoms with Crippen molar-refractivity contribution in [2.24, 2.45) is 0 Å². The molecule has 0 aliphatic rings. The second kappa shape index (κ2) is 5.45. The summed E-state index contributed by atoms with van der Waals surface area (Å²) in [5, 5.41) is 2.87. The van der Waals surface area contributed by atoms with Crippen LogP contribution in [0.1, 0.15) is 21.5 Å². The molecule has 0 aromatic heterocycles. The Morgan fingerprint density at radius 2 is 1.95 bits per heavy atom. The SMILES string of the molecule is Cc1ccc(Br)c(C(=O)Nc2c(C)cccc2N)c1. The van der Waals surface area contributed by atoms with Crippen molar-refractivity contribution in [2.45, 2.75) is 13.8 Å². The van der Waals surface area contributed by atoms with Gasteiger partial charge in [0.2, 0.25) is 0 Å². The van der Waals surface area contributed by atoms with E-state index in [-0.39, 0.29) is 5.91 Å². The van der Waals surface area contributed by atoms with Gasteiger partial charge in [-0.15, -0.1) is 0 Å². The Labute approximate surface area is 121 Å². The number of nitrogens with one attached hydrogen (secondary N) is 1. The lowest BCUT2D eigenvalue weighted by atomic mass is 10.1. The fraction of sp³-hybridized carbons (Fsp3) is 0.133. The van der Waals surface area contributed by atoms with Crippen molar-refractivity contribution in [3.8, 4) is 0 Å². The molecule has 0 atom stereocenters. The molecule has 0 unspecified atom stereocenters. The zero-order valence-electron chi connectivity index (χ0n) is 10.8. The number of nitrogen functional groups attached to an aromatic ring is 1. The quantitative estimate of drug-likeness (QED) is 0.825. The Morgan fingerprint density at radius 3 is 2.63 bits per heavy atom. The summed E-state index contributed by atoms with van der Waals surface area (Å²) in [5.41, 5.74) is 9.70. The molecule has 0 saturated carbocycles. The Kier molecular flexibility index (Phi) is 3.90. The normalized spacial score (nSPS) is 10.3. The number of benzene rings is 2. The van der Waals surface area contributed by atoms with E-state index in [0.29, 0.717) is 16.9 Å². The molecule has 0 fully saturated rings. The molecule has 2 aromatic carbocycles. The first-order chi connectivity index (χ1) is 8.99. The average Bonchev–Trinajstić information content (AvgIpc) is 2.37. The van der Waals surface area contributed by atoms with Gasteiger partial charge in [0.15, 0.2) is 0 Å². The summed E-state index contributed by atoms with van der Waals surface area (Å²) in [6.45, 7) is 3.86. The molecule has 2 rings (SSSR count). The molecule has 3 nitrogen and oxygen atoms in total. The van der Waals surface area contributed by atoms with Gasteiger partial charge in [-0.1, -0.05) is 23.8 Å². The van der Waals surface area contributed by atoms with E-state index >= 15 is 0 Å². The largest absolute Gasteiger partial charge is 0.397 e. The van der Waals surface area contributed by atoms with Crippen LogP contribution in [0.15, 0.2) is 40.9 Å². The van der Waals surface area contributed by atoms with Crippen molar-refractivity contribution < 1.29 is 4.79 Å². The minimum atomic E-state index is -0.170. The van der Waals surface area contributed by atoms with Gasteiger partial charge in [-0.3, -0.25) is 4.79 Å². The van der Waals surface area contributed by atoms with Gasteiger partial charge in [-0.2, -0.15) is 0 Å². The molecule has 2 aromatic rings. The third-order valence-corrected chi connectivity index (χ3v) is 3.60. The summed E-state index contributed by atoms with van der Waals surface area (Å²) >= 11 is 3.39. The van der Waals surface area contributed by atoms with E-state index in [1.807, 2.05) is 44.2 Å². The molecule has 19 heavy (non-hydrogen) atoms. The molecule has 3 N–H and O–H groups in total. The fourth-order valence-corrected chi connectivity index (χ4v) is 2.28. The highest BCUT2D eigenvalue weighted by atomic mass is 79.9. The van der Waals surface area contributed by atoms with Crippen LogP contribution in [-0.4, -0.2) is 5.91 Å². The maximum absolute atomic E-state index is 12.3. The predicted octanol–water partition coefficient (Wildman–Crippen LogP) is 3.90. The first-order valence-electron chi connectivity index (χ1n) is 5.91. The summed E-state index contributed by atoms with van der Waals surface area (Å²) in [6, 6.07) is 11.2. The Balaban J connectivity index is 2.34. The molecule has 0 spiro atoms. The lowest BCUT2D eigenvalue weighted by Gasteiger charge is -2.12. The van der Waals surface area contributed by atoms with Crippen molar-refractivity contribution in [3.05, 3.63) is 57.6 Å². The standard InChI is InChI=1S/C15H15BrN2O/c1-9-6-7-12(16)11(8-9)15(19)18-14-10(2)4-3-5-13(14)17/h3-8H,17H2,1-2H3,(H,18,19). The predicted molar refractivity (Wildman–Crippen MR) is 82.4 cm³/mol. The fourth-order valence-electron chi connectivity index (χ4n) is 1.86. The number of nitrogens with two attached hydrogens (primary N) is 1. The lowest BCUT2D eigenvalue weighted by Crippen LogP contribution is -2.15. The topological polar surface area (TPSA) is 55.1 Å². The van der Waals surface area contributed by atoms with Crippen LogP contribution in [0.3, 0.4) is 0 Å². The molecule has 0 saturated heterocycles. The average molecular weight is 319 g/mol. The number of para-hydroxylation sites is 1. The number of anilines is 2. The van der Waals surface area contributed by atoms with Gasteiger partial charge in [0, 0.05) is 4.47 Å². The Hall–Kier alpha value is -1.81. The van der Waals surface area contributed by atoms with E-state index in [4.69, 9.17) is 5.73 Å². The monoisotopic (exact) mass is 318 g/mol. The van der Waals surface area contributed by atoms with Crippen molar-refractivity contribution in [2.75, 3.05) is 11.1 Å². The van der Waals surface area contributed by atoms with Crippen LogP contribution in [0.25, 0.3) is 0 Å². The van der Waals surface area contributed by atoms with Gasteiger partial charge >= 0.3 is 0 Å². The number of hydrogen-bond acceptors (Lipinski definition) is 2. The minimum absolute atomic E-state index is 0.170. The molecule has 0 bridgehead atoms. The van der Waals surface area contributed by atoms with Gasteiger partial charge in [0.05, 0.1) is 16.9 Å². The van der Waals surface area contributed by atoms with Gasteiger partial charge in [0.1, 0.15) is 0 Å². The maximum atomic E-state index is 12.3. The molecular weight excluding hydrogens is 304 g/mol. The molecular formula is C15H15BrN2O. The number of hydrogen-bond donors (Lipinski definition) is 2. The third-order valence-electron chi connectivity index (χ3n) is 2.91. The molecule has 4 heteroatoms. The van der Waals surface area contributed by atoms with Crippen LogP contribution < -0.4 is 11.1 Å². The Bertz CT molecular complexity index is 618. The van der Waals surface area contributed by atoms with Gasteiger partial charge in [-0.25, -0.2) is 0 Å². The Morgan fingerprint density at radius 1 is 1.21 bits per heavy atom. The van der Waals surface area contributed by atoms with Crippen molar-refractivity contribution in [3.63, 3.8) is 0 Å². The van der Waals surface area contributed by atoms with E-state index in [0.717, 1.165) is 15.6 Å². The molecule has 98 valence electrons. The van der Waals surface area contributed by atoms with Gasteiger partial charge < -0.3 is 11.1 Å². The van der Waals surface area contributed by atoms with Crippen molar-refractivity contribution >= 4 is 33.2 Å². The number of rotatable bonds is 2. The molecule has 0 aliphatic carbocycles. The van der Waals surface area contributed by atoms with Crippen molar-refractivity contribution in [1.82, 2.24) is 0 Å². The summed E-state index contributed by atoms with van der Waals surface area (Å²) < 4.78 is 0.766. The highest BCUT2D eigenvalue weighted by molar-refractivity contribution is 9.10. The zero-order chi connectivity index (χ0) is 14.0. The second-order valence-electron chi connectivity index (χ2n) is 4.48. The number of aryl methyl sites for hydroxylation is 2. The lowest BCUT2D eigenvalue weighted by molar-refractivity contribution is 0.102. The van der Waals surface area contributed by atoms with Crippen molar-refractivity contribution in [1.29, 1.82) is 0 Å². The summed E-state index contributed by atoms with van der Waals surface area (Å²) in [4.78, 5) is 12.3. The van der Waals surface area contributed by atoms with Gasteiger partial charge in [0.25, 0.3) is 5.91 Å². The summed E-state index contributed by atoms with van der Waals surface area (Å²) in [6.07, 6.45) is 0. The first-order valence-corrected chi connectivity index (χ1v) is 6.71. The van der Waals surface area contributed by atoms with Crippen LogP contribution in [0.4, 0.5) is 11.4 Å². The summed E-state index contributed by atoms with van der Waals surface area (Å²) in [5.74, 6) is -0.170. The number of carbonyl (C=O) groups is 1. The van der Waals surface area contributed by atoms with Gasteiger partial charge in [-0.05, 0) is 53.5 Å². The van der Waals surface area contributed by atoms with Crippen LogP contribution in [0.2, 0.25) is 0 Å². The minimum Gasteiger partial charge on any atom is -0.397 e. The van der Waals surface area contributed by atoms with Crippen LogP contribution in [-0.2, 0) is 0 Å². The summed E-state index contributed by atoms with van der Waals surface area (Å²) in [7, 11) is 0. The zero-order valence-corrected chi connectivity index (χ0v) is 12.4. The third kappa shape index (κ3) is 2.96. The first kappa shape index (κ1) is 13.6.